The zero-order valence-electron chi connectivity index (χ0n) is 17.4. The van der Waals surface area contributed by atoms with Crippen molar-refractivity contribution in [3.05, 3.63) is 63.4 Å². The minimum Gasteiger partial charge on any atom is -0.338 e. The molecule has 1 aromatic heterocycles. The molecule has 9 heteroatoms. The monoisotopic (exact) mass is 458 g/mol. The number of aromatic nitrogens is 2. The van der Waals surface area contributed by atoms with Crippen LogP contribution in [0.1, 0.15) is 32.3 Å². The van der Waals surface area contributed by atoms with Gasteiger partial charge >= 0.3 is 6.03 Å². The molecule has 1 heterocycles. The van der Waals surface area contributed by atoms with E-state index in [-0.39, 0.29) is 17.2 Å². The van der Waals surface area contributed by atoms with Gasteiger partial charge in [-0.3, -0.25) is 19.5 Å². The minimum atomic E-state index is -0.561. The second-order valence-corrected chi connectivity index (χ2v) is 8.49. The molecule has 0 saturated heterocycles. The van der Waals surface area contributed by atoms with Gasteiger partial charge in [0.2, 0.25) is 5.91 Å². The van der Waals surface area contributed by atoms with Crippen molar-refractivity contribution in [1.29, 1.82) is 0 Å². The smallest absolute Gasteiger partial charge is 0.321 e. The van der Waals surface area contributed by atoms with Gasteiger partial charge in [0.05, 0.1) is 22.3 Å². The highest BCUT2D eigenvalue weighted by atomic mass is 35.5. The fourth-order valence-corrected chi connectivity index (χ4v) is 4.10. The number of hydrogen-bond donors (Lipinski definition) is 2. The number of hydrogen-bond acceptors (Lipinski definition) is 5. The predicted octanol–water partition coefficient (Wildman–Crippen LogP) is 4.10. The van der Waals surface area contributed by atoms with Crippen molar-refractivity contribution in [2.24, 2.45) is 0 Å². The summed E-state index contributed by atoms with van der Waals surface area (Å²) in [6.45, 7) is 6.26. The van der Waals surface area contributed by atoms with Gasteiger partial charge in [-0.15, -0.1) is 0 Å². The molecule has 2 N–H and O–H groups in total. The van der Waals surface area contributed by atoms with Gasteiger partial charge in [0, 0.05) is 11.6 Å². The Kier molecular flexibility index (Phi) is 7.35. The third-order valence-electron chi connectivity index (χ3n) is 4.52. The topological polar surface area (TPSA) is 93.1 Å². The fourth-order valence-electron chi connectivity index (χ4n) is 3.12. The Hall–Kier alpha value is -2.84. The summed E-state index contributed by atoms with van der Waals surface area (Å²) in [5.74, 6) is -0.401. The van der Waals surface area contributed by atoms with E-state index in [0.717, 1.165) is 17.3 Å². The van der Waals surface area contributed by atoms with E-state index in [9.17, 15) is 14.4 Å². The van der Waals surface area contributed by atoms with Gasteiger partial charge in [-0.25, -0.2) is 9.78 Å². The molecule has 3 amide bonds. The van der Waals surface area contributed by atoms with E-state index < -0.39 is 11.9 Å². The lowest BCUT2D eigenvalue weighted by molar-refractivity contribution is -0.117. The van der Waals surface area contributed by atoms with E-state index in [4.69, 9.17) is 11.6 Å². The maximum absolute atomic E-state index is 13.4. The van der Waals surface area contributed by atoms with Crippen LogP contribution in [0.4, 0.5) is 4.79 Å². The van der Waals surface area contributed by atoms with Crippen molar-refractivity contribution >= 4 is 46.2 Å². The molecule has 0 aliphatic heterocycles. The number of thioether (sulfide) groups is 1. The Morgan fingerprint density at radius 2 is 1.94 bits per heavy atom. The summed E-state index contributed by atoms with van der Waals surface area (Å²) in [4.78, 5) is 41.9. The molecule has 0 fully saturated rings. The summed E-state index contributed by atoms with van der Waals surface area (Å²) < 4.78 is 1.52. The van der Waals surface area contributed by atoms with Gasteiger partial charge in [-0.2, -0.15) is 0 Å². The van der Waals surface area contributed by atoms with Gasteiger partial charge in [0.25, 0.3) is 5.56 Å². The van der Waals surface area contributed by atoms with E-state index in [0.29, 0.717) is 33.3 Å². The summed E-state index contributed by atoms with van der Waals surface area (Å²) in [6, 6.07) is 12.0. The van der Waals surface area contributed by atoms with Gasteiger partial charge in [0.1, 0.15) is 0 Å². The highest BCUT2D eigenvalue weighted by Gasteiger charge is 2.18. The van der Waals surface area contributed by atoms with Crippen LogP contribution in [0.15, 0.2) is 52.4 Å². The van der Waals surface area contributed by atoms with Crippen molar-refractivity contribution < 1.29 is 9.59 Å². The first-order chi connectivity index (χ1) is 14.8. The number of carbonyl (C=O) groups is 2. The highest BCUT2D eigenvalue weighted by Crippen LogP contribution is 2.27. The van der Waals surface area contributed by atoms with Crippen molar-refractivity contribution in [1.82, 2.24) is 20.2 Å². The largest absolute Gasteiger partial charge is 0.338 e. The molecule has 7 nitrogen and oxygen atoms in total. The molecule has 2 aromatic carbocycles. The number of nitrogens with zero attached hydrogens (tertiary/aromatic N) is 2. The number of imide groups is 1. The van der Waals surface area contributed by atoms with Gasteiger partial charge in [-0.05, 0) is 42.7 Å². The summed E-state index contributed by atoms with van der Waals surface area (Å²) in [5.41, 5.74) is 1.88. The SMILES string of the molecule is CCNC(=O)NC(=O)CSc1nc2cc(Cl)ccc2c(=O)n1-c1ccccc1C(C)C. The van der Waals surface area contributed by atoms with Gasteiger partial charge in [0.15, 0.2) is 5.16 Å². The molecular weight excluding hydrogens is 436 g/mol. The second-order valence-electron chi connectivity index (χ2n) is 7.11. The number of nitrogens with one attached hydrogen (secondary N) is 2. The zero-order valence-corrected chi connectivity index (χ0v) is 19.0. The number of urea groups is 1. The maximum Gasteiger partial charge on any atom is 0.321 e. The summed E-state index contributed by atoms with van der Waals surface area (Å²) in [6.07, 6.45) is 0. The van der Waals surface area contributed by atoms with Crippen molar-refractivity contribution in [3.63, 3.8) is 0 Å². The normalized spacial score (nSPS) is 11.0. The standard InChI is InChI=1S/C22H23ClN4O3S/c1-4-24-21(30)26-19(28)12-31-22-25-17-11-14(23)9-10-16(17)20(29)27(22)18-8-6-5-7-15(18)13(2)3/h5-11,13H,4,12H2,1-3H3,(H2,24,26,28,30). The Morgan fingerprint density at radius 1 is 1.19 bits per heavy atom. The molecule has 0 saturated carbocycles. The van der Waals surface area contributed by atoms with Crippen LogP contribution >= 0.6 is 23.4 Å². The molecule has 0 spiro atoms. The second kappa shape index (κ2) is 9.98. The number of halogens is 1. The van der Waals surface area contributed by atoms with Crippen LogP contribution in [-0.4, -0.2) is 33.8 Å². The fraction of sp³-hybridized carbons (Fsp3) is 0.273. The minimum absolute atomic E-state index is 0.0838. The number of amides is 3. The summed E-state index contributed by atoms with van der Waals surface area (Å²) in [5, 5.41) is 6.00. The molecule has 3 rings (SSSR count). The van der Waals surface area contributed by atoms with Gasteiger partial charge < -0.3 is 5.32 Å². The predicted molar refractivity (Wildman–Crippen MR) is 124 cm³/mol. The van der Waals surface area contributed by atoms with Crippen molar-refractivity contribution in [2.45, 2.75) is 31.8 Å². The first-order valence-electron chi connectivity index (χ1n) is 9.84. The molecule has 0 atom stereocenters. The molecule has 0 aliphatic rings. The van der Waals surface area contributed by atoms with E-state index in [2.05, 4.69) is 15.6 Å². The zero-order chi connectivity index (χ0) is 22.5. The molecule has 0 aliphatic carbocycles. The Balaban J connectivity index is 2.09. The van der Waals surface area contributed by atoms with Crippen molar-refractivity contribution in [2.75, 3.05) is 12.3 Å². The molecule has 0 bridgehead atoms. The third kappa shape index (κ3) is 5.26. The molecule has 3 aromatic rings. The van der Waals surface area contributed by atoms with E-state index in [1.165, 1.54) is 4.57 Å². The summed E-state index contributed by atoms with van der Waals surface area (Å²) >= 11 is 7.18. The molecule has 162 valence electrons. The van der Waals surface area contributed by atoms with Crippen LogP contribution in [0.25, 0.3) is 16.6 Å². The molecule has 0 radical (unpaired) electrons. The molecule has 0 unspecified atom stereocenters. The average molecular weight is 459 g/mol. The highest BCUT2D eigenvalue weighted by molar-refractivity contribution is 7.99. The van der Waals surface area contributed by atoms with Crippen LogP contribution < -0.4 is 16.2 Å². The van der Waals surface area contributed by atoms with Crippen molar-refractivity contribution in [3.8, 4) is 5.69 Å². The Bertz CT molecular complexity index is 1190. The van der Waals surface area contributed by atoms with Crippen LogP contribution in [-0.2, 0) is 4.79 Å². The first-order valence-corrected chi connectivity index (χ1v) is 11.2. The lowest BCUT2D eigenvalue weighted by atomic mass is 10.0. The lowest BCUT2D eigenvalue weighted by Crippen LogP contribution is -2.40. The number of rotatable bonds is 6. The van der Waals surface area contributed by atoms with Gasteiger partial charge in [-0.1, -0.05) is 55.4 Å². The van der Waals surface area contributed by atoms with Crippen LogP contribution in [0.5, 0.6) is 0 Å². The van der Waals surface area contributed by atoms with E-state index in [1.54, 1.807) is 25.1 Å². The van der Waals surface area contributed by atoms with Crippen LogP contribution in [0.3, 0.4) is 0 Å². The number of benzene rings is 2. The quantitative estimate of drug-likeness (QED) is 0.428. The lowest BCUT2D eigenvalue weighted by Gasteiger charge is -2.18. The van der Waals surface area contributed by atoms with E-state index in [1.807, 2.05) is 38.1 Å². The Labute approximate surface area is 189 Å². The molecular formula is C22H23ClN4O3S. The first kappa shape index (κ1) is 22.8. The number of carbonyl (C=O) groups excluding carboxylic acids is 2. The molecule has 31 heavy (non-hydrogen) atoms. The third-order valence-corrected chi connectivity index (χ3v) is 5.70. The van der Waals surface area contributed by atoms with Crippen LogP contribution in [0, 0.1) is 0 Å². The number of para-hydroxylation sites is 1. The number of fused-ring (bicyclic) bond motifs is 1. The van der Waals surface area contributed by atoms with Crippen LogP contribution in [0.2, 0.25) is 5.02 Å². The Morgan fingerprint density at radius 3 is 2.65 bits per heavy atom. The average Bonchev–Trinajstić information content (AvgIpc) is 2.72. The maximum atomic E-state index is 13.4. The summed E-state index contributed by atoms with van der Waals surface area (Å²) in [7, 11) is 0. The van der Waals surface area contributed by atoms with E-state index >= 15 is 0 Å².